The normalized spacial score (nSPS) is 13.7. The highest BCUT2D eigenvalue weighted by Gasteiger charge is 2.28. The lowest BCUT2D eigenvalue weighted by Gasteiger charge is -2.28. The predicted octanol–water partition coefficient (Wildman–Crippen LogP) is 2.43. The predicted molar refractivity (Wildman–Crippen MR) is 123 cm³/mol. The standard InChI is InChI=1S/C19H36N4O4S2/c1-7-18(3,4)9-12(14(24)25)22-16(28)20-11-21-17(29)23-13(15(26)27)10-19(5,6)8-2/h12-13H,7-11H2,1-6H3,(H,24,25)(H,26,27)(H2,20,22,28)(H2,21,23,29). The molecule has 0 saturated heterocycles. The average molecular weight is 449 g/mol. The summed E-state index contributed by atoms with van der Waals surface area (Å²) in [5, 5.41) is 30.5. The van der Waals surface area contributed by atoms with Gasteiger partial charge in [-0.1, -0.05) is 54.4 Å². The topological polar surface area (TPSA) is 123 Å². The van der Waals surface area contributed by atoms with Crippen molar-refractivity contribution < 1.29 is 19.8 Å². The summed E-state index contributed by atoms with van der Waals surface area (Å²) in [6.45, 7) is 12.2. The highest BCUT2D eigenvalue weighted by atomic mass is 32.1. The first-order chi connectivity index (χ1) is 13.2. The molecule has 0 heterocycles. The Hall–Kier alpha value is -1.68. The molecule has 0 rings (SSSR count). The fourth-order valence-electron chi connectivity index (χ4n) is 2.42. The molecule has 2 unspecified atom stereocenters. The van der Waals surface area contributed by atoms with Crippen LogP contribution >= 0.6 is 24.4 Å². The third kappa shape index (κ3) is 11.8. The summed E-state index contributed by atoms with van der Waals surface area (Å²) in [4.78, 5) is 23.0. The Morgan fingerprint density at radius 1 is 0.793 bits per heavy atom. The Balaban J connectivity index is 4.54. The van der Waals surface area contributed by atoms with Gasteiger partial charge < -0.3 is 31.5 Å². The number of carbonyl (C=O) groups is 2. The quantitative estimate of drug-likeness (QED) is 0.196. The molecule has 0 aromatic rings. The lowest BCUT2D eigenvalue weighted by molar-refractivity contribution is -0.140. The van der Waals surface area contributed by atoms with Gasteiger partial charge in [0.25, 0.3) is 0 Å². The van der Waals surface area contributed by atoms with E-state index < -0.39 is 24.0 Å². The molecule has 8 nitrogen and oxygen atoms in total. The van der Waals surface area contributed by atoms with Gasteiger partial charge in [-0.3, -0.25) is 0 Å². The van der Waals surface area contributed by atoms with Crippen molar-refractivity contribution in [1.82, 2.24) is 21.3 Å². The van der Waals surface area contributed by atoms with Gasteiger partial charge in [-0.05, 0) is 48.1 Å². The third-order valence-corrected chi connectivity index (χ3v) is 5.66. The van der Waals surface area contributed by atoms with Crippen LogP contribution in [-0.4, -0.2) is 51.1 Å². The molecule has 10 heteroatoms. The molecule has 2 atom stereocenters. The summed E-state index contributed by atoms with van der Waals surface area (Å²) in [5.41, 5.74) is -0.263. The monoisotopic (exact) mass is 448 g/mol. The zero-order chi connectivity index (χ0) is 22.8. The first kappa shape index (κ1) is 27.3. The van der Waals surface area contributed by atoms with Crippen LogP contribution in [0.4, 0.5) is 0 Å². The lowest BCUT2D eigenvalue weighted by atomic mass is 9.83. The van der Waals surface area contributed by atoms with E-state index >= 15 is 0 Å². The van der Waals surface area contributed by atoms with Crippen LogP contribution in [0.25, 0.3) is 0 Å². The van der Waals surface area contributed by atoms with E-state index in [0.29, 0.717) is 12.8 Å². The van der Waals surface area contributed by atoms with Crippen LogP contribution in [0.15, 0.2) is 0 Å². The van der Waals surface area contributed by atoms with E-state index in [9.17, 15) is 19.8 Å². The largest absolute Gasteiger partial charge is 0.480 e. The first-order valence-corrected chi connectivity index (χ1v) is 10.6. The summed E-state index contributed by atoms with van der Waals surface area (Å²) in [5.74, 6) is -1.94. The van der Waals surface area contributed by atoms with Crippen molar-refractivity contribution in [2.24, 2.45) is 10.8 Å². The van der Waals surface area contributed by atoms with Gasteiger partial charge in [-0.15, -0.1) is 0 Å². The molecule has 168 valence electrons. The molecule has 0 aliphatic heterocycles. The number of nitrogens with one attached hydrogen (secondary N) is 4. The van der Waals surface area contributed by atoms with E-state index in [-0.39, 0.29) is 27.7 Å². The highest BCUT2D eigenvalue weighted by molar-refractivity contribution is 7.80. The van der Waals surface area contributed by atoms with Crippen molar-refractivity contribution >= 4 is 46.6 Å². The number of rotatable bonds is 12. The van der Waals surface area contributed by atoms with Crippen molar-refractivity contribution in [2.45, 2.75) is 79.3 Å². The van der Waals surface area contributed by atoms with Crippen LogP contribution in [0.2, 0.25) is 0 Å². The van der Waals surface area contributed by atoms with Crippen molar-refractivity contribution in [2.75, 3.05) is 6.67 Å². The van der Waals surface area contributed by atoms with Gasteiger partial charge >= 0.3 is 11.9 Å². The Labute approximate surface area is 184 Å². The van der Waals surface area contributed by atoms with Crippen molar-refractivity contribution in [1.29, 1.82) is 0 Å². The van der Waals surface area contributed by atoms with E-state index in [2.05, 4.69) is 21.3 Å². The Morgan fingerprint density at radius 2 is 1.10 bits per heavy atom. The second kappa shape index (κ2) is 12.1. The molecule has 0 radical (unpaired) electrons. The van der Waals surface area contributed by atoms with E-state index in [0.717, 1.165) is 12.8 Å². The van der Waals surface area contributed by atoms with Gasteiger partial charge in [0, 0.05) is 0 Å². The molecule has 0 fully saturated rings. The number of aliphatic carboxylic acids is 2. The van der Waals surface area contributed by atoms with Gasteiger partial charge in [0.2, 0.25) is 0 Å². The summed E-state index contributed by atoms with van der Waals surface area (Å²) < 4.78 is 0. The molecule has 29 heavy (non-hydrogen) atoms. The van der Waals surface area contributed by atoms with Gasteiger partial charge in [0.05, 0.1) is 6.67 Å². The van der Waals surface area contributed by atoms with Crippen LogP contribution in [0.1, 0.15) is 67.2 Å². The minimum absolute atomic E-state index is 0.130. The zero-order valence-corrected chi connectivity index (χ0v) is 19.9. The SMILES string of the molecule is CCC(C)(C)CC(NC(=S)NCNC(=S)NC(CC(C)(C)CC)C(=O)O)C(=O)O. The number of hydrogen-bond acceptors (Lipinski definition) is 4. The van der Waals surface area contributed by atoms with Gasteiger partial charge in [0.15, 0.2) is 10.2 Å². The molecule has 0 spiro atoms. The number of carboxylic acids is 2. The number of hydrogen-bond donors (Lipinski definition) is 6. The molecule has 0 aliphatic rings. The van der Waals surface area contributed by atoms with E-state index in [1.165, 1.54) is 0 Å². The molecule has 0 aromatic heterocycles. The van der Waals surface area contributed by atoms with Crippen LogP contribution in [-0.2, 0) is 9.59 Å². The van der Waals surface area contributed by atoms with Crippen LogP contribution < -0.4 is 21.3 Å². The number of thiocarbonyl (C=S) groups is 2. The third-order valence-electron chi connectivity index (χ3n) is 5.13. The molecule has 0 amide bonds. The lowest BCUT2D eigenvalue weighted by Crippen LogP contribution is -2.52. The van der Waals surface area contributed by atoms with Gasteiger partial charge in [-0.2, -0.15) is 0 Å². The van der Waals surface area contributed by atoms with Crippen LogP contribution in [0.5, 0.6) is 0 Å². The average Bonchev–Trinajstić information content (AvgIpc) is 2.60. The molecule has 0 aromatic carbocycles. The molecule has 6 N–H and O–H groups in total. The maximum absolute atomic E-state index is 11.5. The van der Waals surface area contributed by atoms with Crippen molar-refractivity contribution in [3.8, 4) is 0 Å². The summed E-state index contributed by atoms with van der Waals surface area (Å²) in [6, 6.07) is -1.61. The smallest absolute Gasteiger partial charge is 0.326 e. The Kier molecular flexibility index (Phi) is 11.4. The minimum atomic E-state index is -0.969. The maximum Gasteiger partial charge on any atom is 0.326 e. The Morgan fingerprint density at radius 3 is 1.34 bits per heavy atom. The Bertz CT molecular complexity index is 547. The zero-order valence-electron chi connectivity index (χ0n) is 18.2. The molecular weight excluding hydrogens is 412 g/mol. The molecule has 0 saturated carbocycles. The van der Waals surface area contributed by atoms with E-state index in [1.807, 2.05) is 41.5 Å². The molecular formula is C19H36N4O4S2. The van der Waals surface area contributed by atoms with Gasteiger partial charge in [-0.25, -0.2) is 9.59 Å². The minimum Gasteiger partial charge on any atom is -0.480 e. The number of carboxylic acid groups (broad SMARTS) is 2. The summed E-state index contributed by atoms with van der Waals surface area (Å²) in [7, 11) is 0. The summed E-state index contributed by atoms with van der Waals surface area (Å²) in [6.07, 6.45) is 2.56. The fourth-order valence-corrected chi connectivity index (χ4v) is 2.85. The highest BCUT2D eigenvalue weighted by Crippen LogP contribution is 2.27. The maximum atomic E-state index is 11.5. The summed E-state index contributed by atoms with van der Waals surface area (Å²) >= 11 is 10.3. The first-order valence-electron chi connectivity index (χ1n) is 9.77. The fraction of sp³-hybridized carbons (Fsp3) is 0.789. The van der Waals surface area contributed by atoms with Crippen LogP contribution in [0.3, 0.4) is 0 Å². The van der Waals surface area contributed by atoms with Gasteiger partial charge in [0.1, 0.15) is 12.1 Å². The van der Waals surface area contributed by atoms with E-state index in [4.69, 9.17) is 24.4 Å². The van der Waals surface area contributed by atoms with E-state index in [1.54, 1.807) is 0 Å². The molecule has 0 aliphatic carbocycles. The van der Waals surface area contributed by atoms with Crippen LogP contribution in [0, 0.1) is 10.8 Å². The second-order valence-corrected chi connectivity index (χ2v) is 9.52. The van der Waals surface area contributed by atoms with Crippen molar-refractivity contribution in [3.05, 3.63) is 0 Å². The molecule has 0 bridgehead atoms. The van der Waals surface area contributed by atoms with Crippen molar-refractivity contribution in [3.63, 3.8) is 0 Å². The second-order valence-electron chi connectivity index (χ2n) is 8.70.